The van der Waals surface area contributed by atoms with E-state index in [2.05, 4.69) is 4.90 Å². The molecule has 0 radical (unpaired) electrons. The lowest BCUT2D eigenvalue weighted by atomic mass is 10.0. The summed E-state index contributed by atoms with van der Waals surface area (Å²) in [5.41, 5.74) is 0.838. The normalized spacial score (nSPS) is 22.9. The number of rotatable bonds is 4. The Balaban J connectivity index is 1.99. The van der Waals surface area contributed by atoms with Crippen LogP contribution in [-0.2, 0) is 0 Å². The van der Waals surface area contributed by atoms with Gasteiger partial charge in [0.1, 0.15) is 0 Å². The van der Waals surface area contributed by atoms with Crippen LogP contribution in [0, 0.1) is 0 Å². The number of aliphatic hydroxyl groups excluding tert-OH is 2. The van der Waals surface area contributed by atoms with Crippen molar-refractivity contribution in [3.8, 4) is 0 Å². The van der Waals surface area contributed by atoms with E-state index in [0.717, 1.165) is 31.4 Å². The molecule has 1 aliphatic heterocycles. The smallest absolute Gasteiger partial charge is 0.0917 e. The van der Waals surface area contributed by atoms with E-state index in [1.165, 1.54) is 0 Å². The SMILES string of the molecule is OC[C@H]1CCCCN1CC(O)c1cccc(Cl)c1. The van der Waals surface area contributed by atoms with Gasteiger partial charge in [-0.2, -0.15) is 0 Å². The third kappa shape index (κ3) is 3.45. The van der Waals surface area contributed by atoms with Crippen molar-refractivity contribution >= 4 is 11.6 Å². The first kappa shape index (κ1) is 13.8. The van der Waals surface area contributed by atoms with Crippen LogP contribution in [0.3, 0.4) is 0 Å². The first-order valence-corrected chi connectivity index (χ1v) is 6.87. The number of halogens is 1. The van der Waals surface area contributed by atoms with Crippen LogP contribution in [0.2, 0.25) is 5.02 Å². The number of benzene rings is 1. The number of aliphatic hydroxyl groups is 2. The molecule has 1 aromatic carbocycles. The van der Waals surface area contributed by atoms with E-state index in [1.807, 2.05) is 12.1 Å². The topological polar surface area (TPSA) is 43.7 Å². The minimum Gasteiger partial charge on any atom is -0.395 e. The van der Waals surface area contributed by atoms with Gasteiger partial charge in [-0.3, -0.25) is 4.90 Å². The fourth-order valence-electron chi connectivity index (χ4n) is 2.55. The number of likely N-dealkylation sites (tertiary alicyclic amines) is 1. The lowest BCUT2D eigenvalue weighted by molar-refractivity contribution is 0.0417. The van der Waals surface area contributed by atoms with Gasteiger partial charge in [0, 0.05) is 17.6 Å². The highest BCUT2D eigenvalue weighted by molar-refractivity contribution is 6.30. The quantitative estimate of drug-likeness (QED) is 0.881. The summed E-state index contributed by atoms with van der Waals surface area (Å²) in [6.07, 6.45) is 2.77. The molecular formula is C14H20ClNO2. The van der Waals surface area contributed by atoms with Crippen molar-refractivity contribution in [1.82, 2.24) is 4.90 Å². The summed E-state index contributed by atoms with van der Waals surface area (Å²) in [5.74, 6) is 0. The van der Waals surface area contributed by atoms with Gasteiger partial charge in [-0.1, -0.05) is 30.2 Å². The van der Waals surface area contributed by atoms with Crippen molar-refractivity contribution in [3.63, 3.8) is 0 Å². The van der Waals surface area contributed by atoms with Gasteiger partial charge in [-0.05, 0) is 37.1 Å². The Hall–Kier alpha value is -0.610. The van der Waals surface area contributed by atoms with Crippen LogP contribution in [0.25, 0.3) is 0 Å². The van der Waals surface area contributed by atoms with Crippen LogP contribution in [0.5, 0.6) is 0 Å². The highest BCUT2D eigenvalue weighted by Crippen LogP contribution is 2.23. The molecule has 1 heterocycles. The molecule has 3 nitrogen and oxygen atoms in total. The average molecular weight is 270 g/mol. The molecule has 1 saturated heterocycles. The first-order chi connectivity index (χ1) is 8.70. The Morgan fingerprint density at radius 3 is 2.94 bits per heavy atom. The number of nitrogens with zero attached hydrogens (tertiary/aromatic N) is 1. The molecule has 4 heteroatoms. The van der Waals surface area contributed by atoms with Crippen molar-refractivity contribution in [2.45, 2.75) is 31.4 Å². The van der Waals surface area contributed by atoms with Gasteiger partial charge in [0.05, 0.1) is 12.7 Å². The van der Waals surface area contributed by atoms with E-state index in [1.54, 1.807) is 12.1 Å². The second-order valence-electron chi connectivity index (χ2n) is 4.90. The Morgan fingerprint density at radius 1 is 1.39 bits per heavy atom. The van der Waals surface area contributed by atoms with E-state index < -0.39 is 6.10 Å². The number of hydrogen-bond donors (Lipinski definition) is 2. The van der Waals surface area contributed by atoms with Gasteiger partial charge in [-0.15, -0.1) is 0 Å². The van der Waals surface area contributed by atoms with Gasteiger partial charge in [0.15, 0.2) is 0 Å². The van der Waals surface area contributed by atoms with E-state index in [9.17, 15) is 10.2 Å². The van der Waals surface area contributed by atoms with Crippen LogP contribution >= 0.6 is 11.6 Å². The van der Waals surface area contributed by atoms with E-state index in [4.69, 9.17) is 11.6 Å². The van der Waals surface area contributed by atoms with Crippen LogP contribution in [0.15, 0.2) is 24.3 Å². The molecule has 1 aliphatic rings. The Labute approximate surface area is 113 Å². The average Bonchev–Trinajstić information content (AvgIpc) is 2.39. The molecule has 0 aromatic heterocycles. The minimum absolute atomic E-state index is 0.169. The summed E-state index contributed by atoms with van der Waals surface area (Å²) in [6.45, 7) is 1.68. The monoisotopic (exact) mass is 269 g/mol. The van der Waals surface area contributed by atoms with E-state index in [-0.39, 0.29) is 12.6 Å². The molecule has 100 valence electrons. The van der Waals surface area contributed by atoms with Gasteiger partial charge in [0.25, 0.3) is 0 Å². The lowest BCUT2D eigenvalue weighted by Crippen LogP contribution is -2.43. The zero-order valence-electron chi connectivity index (χ0n) is 10.4. The molecule has 0 aliphatic carbocycles. The van der Waals surface area contributed by atoms with Crippen molar-refractivity contribution in [2.75, 3.05) is 19.7 Å². The standard InChI is InChI=1S/C14H20ClNO2/c15-12-5-3-4-11(8-12)14(18)9-16-7-2-1-6-13(16)10-17/h3-5,8,13-14,17-18H,1-2,6-7,9-10H2/t13-,14?/m1/s1. The van der Waals surface area contributed by atoms with Crippen LogP contribution in [0.4, 0.5) is 0 Å². The predicted octanol–water partition coefficient (Wildman–Crippen LogP) is 2.22. The summed E-state index contributed by atoms with van der Waals surface area (Å²) in [4.78, 5) is 2.18. The third-order valence-corrected chi connectivity index (χ3v) is 3.84. The van der Waals surface area contributed by atoms with Crippen LogP contribution in [0.1, 0.15) is 30.9 Å². The number of hydrogen-bond acceptors (Lipinski definition) is 3. The highest BCUT2D eigenvalue weighted by atomic mass is 35.5. The highest BCUT2D eigenvalue weighted by Gasteiger charge is 2.24. The van der Waals surface area contributed by atoms with Crippen molar-refractivity contribution in [2.24, 2.45) is 0 Å². The van der Waals surface area contributed by atoms with Crippen LogP contribution < -0.4 is 0 Å². The third-order valence-electron chi connectivity index (χ3n) is 3.60. The summed E-state index contributed by atoms with van der Waals surface area (Å²) in [6, 6.07) is 7.52. The zero-order valence-corrected chi connectivity index (χ0v) is 11.2. The predicted molar refractivity (Wildman–Crippen MR) is 72.7 cm³/mol. The maximum atomic E-state index is 10.2. The first-order valence-electron chi connectivity index (χ1n) is 6.49. The molecule has 1 fully saturated rings. The largest absolute Gasteiger partial charge is 0.395 e. The fourth-order valence-corrected chi connectivity index (χ4v) is 2.75. The summed E-state index contributed by atoms with van der Waals surface area (Å²) < 4.78 is 0. The van der Waals surface area contributed by atoms with Crippen molar-refractivity contribution in [3.05, 3.63) is 34.9 Å². The summed E-state index contributed by atoms with van der Waals surface area (Å²) in [5, 5.41) is 20.2. The summed E-state index contributed by atoms with van der Waals surface area (Å²) >= 11 is 5.92. The van der Waals surface area contributed by atoms with Gasteiger partial charge < -0.3 is 10.2 Å². The van der Waals surface area contributed by atoms with Gasteiger partial charge in [0.2, 0.25) is 0 Å². The number of piperidine rings is 1. The molecule has 0 amide bonds. The minimum atomic E-state index is -0.546. The maximum absolute atomic E-state index is 10.2. The molecule has 0 spiro atoms. The molecule has 18 heavy (non-hydrogen) atoms. The molecule has 2 rings (SSSR count). The van der Waals surface area contributed by atoms with Crippen molar-refractivity contribution in [1.29, 1.82) is 0 Å². The Bertz CT molecular complexity index is 386. The Kier molecular flexibility index (Phi) is 5.01. The van der Waals surface area contributed by atoms with Crippen LogP contribution in [-0.4, -0.2) is 40.9 Å². The summed E-state index contributed by atoms with van der Waals surface area (Å²) in [7, 11) is 0. The second kappa shape index (κ2) is 6.53. The van der Waals surface area contributed by atoms with Gasteiger partial charge >= 0.3 is 0 Å². The Morgan fingerprint density at radius 2 is 2.22 bits per heavy atom. The lowest BCUT2D eigenvalue weighted by Gasteiger charge is -2.35. The molecular weight excluding hydrogens is 250 g/mol. The molecule has 1 aromatic rings. The van der Waals surface area contributed by atoms with E-state index in [0.29, 0.717) is 11.6 Å². The van der Waals surface area contributed by atoms with E-state index >= 15 is 0 Å². The maximum Gasteiger partial charge on any atom is 0.0917 e. The molecule has 0 saturated carbocycles. The fraction of sp³-hybridized carbons (Fsp3) is 0.571. The van der Waals surface area contributed by atoms with Crippen molar-refractivity contribution < 1.29 is 10.2 Å². The van der Waals surface area contributed by atoms with Gasteiger partial charge in [-0.25, -0.2) is 0 Å². The molecule has 1 unspecified atom stereocenters. The molecule has 2 N–H and O–H groups in total. The molecule has 2 atom stereocenters. The second-order valence-corrected chi connectivity index (χ2v) is 5.33. The molecule has 0 bridgehead atoms. The number of β-amino-alcohol motifs (C(OH)–C–C–N with tert-alkyl or cyclic N) is 1. The zero-order chi connectivity index (χ0) is 13.0.